The zero-order valence-electron chi connectivity index (χ0n) is 10.5. The fraction of sp³-hybridized carbons (Fsp3) is 0.400. The van der Waals surface area contributed by atoms with Crippen LogP contribution in [0.5, 0.6) is 0 Å². The third-order valence-electron chi connectivity index (χ3n) is 2.21. The summed E-state index contributed by atoms with van der Waals surface area (Å²) in [5.41, 5.74) is 2.02. The summed E-state index contributed by atoms with van der Waals surface area (Å²) in [6.45, 7) is 3.42. The average molecular weight is 269 g/mol. The van der Waals surface area contributed by atoms with Crippen molar-refractivity contribution in [3.63, 3.8) is 0 Å². The fourth-order valence-corrected chi connectivity index (χ4v) is 1.32. The van der Waals surface area contributed by atoms with Crippen molar-refractivity contribution in [1.29, 1.82) is 0 Å². The molecule has 0 aliphatic heterocycles. The van der Waals surface area contributed by atoms with Gasteiger partial charge in [0, 0.05) is 6.07 Å². The van der Waals surface area contributed by atoms with Crippen LogP contribution in [0.4, 0.5) is 17.3 Å². The van der Waals surface area contributed by atoms with Gasteiger partial charge in [0.05, 0.1) is 11.5 Å². The van der Waals surface area contributed by atoms with E-state index in [1.54, 1.807) is 6.92 Å². The zero-order valence-corrected chi connectivity index (χ0v) is 10.5. The number of hydrazine groups is 1. The number of aromatic nitrogens is 1. The highest BCUT2D eigenvalue weighted by molar-refractivity contribution is 5.79. The number of nitrogens with one attached hydrogen (secondary N) is 2. The number of nitro groups is 1. The monoisotopic (exact) mass is 269 g/mol. The molecule has 1 unspecified atom stereocenters. The maximum atomic E-state index is 11.5. The Kier molecular flexibility index (Phi) is 5.01. The van der Waals surface area contributed by atoms with Crippen molar-refractivity contribution in [3.8, 4) is 0 Å². The summed E-state index contributed by atoms with van der Waals surface area (Å²) in [5.74, 6) is 4.84. The number of hydrogen-bond donors (Lipinski definition) is 3. The van der Waals surface area contributed by atoms with Crippen LogP contribution >= 0.6 is 0 Å². The second-order valence-corrected chi connectivity index (χ2v) is 3.58. The Hall–Kier alpha value is -2.42. The molecule has 0 radical (unpaired) electrons. The van der Waals surface area contributed by atoms with E-state index in [9.17, 15) is 14.9 Å². The number of ether oxygens (including phenoxy) is 1. The van der Waals surface area contributed by atoms with E-state index >= 15 is 0 Å². The standard InChI is InChI=1S/C10H15N5O4/c1-3-19-10(16)6(2)12-9-7(15(17)18)4-5-8(13-9)14-11/h4-6H,3,11H2,1-2H3,(H2,12,13,14). The molecule has 1 aromatic rings. The molecule has 1 heterocycles. The molecule has 1 rings (SSSR count). The van der Waals surface area contributed by atoms with Gasteiger partial charge in [-0.1, -0.05) is 0 Å². The molecule has 1 aromatic heterocycles. The van der Waals surface area contributed by atoms with E-state index in [2.05, 4.69) is 15.7 Å². The summed E-state index contributed by atoms with van der Waals surface area (Å²) in [5, 5.41) is 13.5. The van der Waals surface area contributed by atoms with Crippen molar-refractivity contribution in [2.75, 3.05) is 17.3 Å². The Morgan fingerprint density at radius 3 is 2.84 bits per heavy atom. The number of nitrogens with zero attached hydrogens (tertiary/aromatic N) is 2. The van der Waals surface area contributed by atoms with Gasteiger partial charge in [0.15, 0.2) is 0 Å². The fourth-order valence-electron chi connectivity index (χ4n) is 1.32. The first-order valence-electron chi connectivity index (χ1n) is 5.54. The minimum Gasteiger partial charge on any atom is -0.464 e. The molecule has 9 heteroatoms. The lowest BCUT2D eigenvalue weighted by molar-refractivity contribution is -0.384. The van der Waals surface area contributed by atoms with Gasteiger partial charge in [-0.05, 0) is 19.9 Å². The first-order chi connectivity index (χ1) is 8.99. The third kappa shape index (κ3) is 3.78. The molecule has 0 aliphatic carbocycles. The molecule has 0 saturated carbocycles. The van der Waals surface area contributed by atoms with Gasteiger partial charge in [0.25, 0.3) is 0 Å². The summed E-state index contributed by atoms with van der Waals surface area (Å²) in [7, 11) is 0. The number of rotatable bonds is 6. The SMILES string of the molecule is CCOC(=O)C(C)Nc1nc(NN)ccc1[N+](=O)[O-]. The summed E-state index contributed by atoms with van der Waals surface area (Å²) in [4.78, 5) is 25.6. The van der Waals surface area contributed by atoms with Crippen molar-refractivity contribution in [2.24, 2.45) is 5.84 Å². The minimum atomic E-state index is -0.765. The number of hydrogen-bond acceptors (Lipinski definition) is 8. The van der Waals surface area contributed by atoms with E-state index in [-0.39, 0.29) is 23.9 Å². The number of esters is 1. The second-order valence-electron chi connectivity index (χ2n) is 3.58. The molecule has 9 nitrogen and oxygen atoms in total. The highest BCUT2D eigenvalue weighted by atomic mass is 16.6. The highest BCUT2D eigenvalue weighted by Crippen LogP contribution is 2.24. The van der Waals surface area contributed by atoms with Crippen LogP contribution in [-0.4, -0.2) is 28.5 Å². The molecular formula is C10H15N5O4. The van der Waals surface area contributed by atoms with Crippen LogP contribution < -0.4 is 16.6 Å². The second kappa shape index (κ2) is 6.50. The van der Waals surface area contributed by atoms with E-state index in [1.165, 1.54) is 19.1 Å². The zero-order chi connectivity index (χ0) is 14.4. The van der Waals surface area contributed by atoms with Crippen molar-refractivity contribution in [3.05, 3.63) is 22.2 Å². The smallest absolute Gasteiger partial charge is 0.328 e. The summed E-state index contributed by atoms with van der Waals surface area (Å²) >= 11 is 0. The van der Waals surface area contributed by atoms with Crippen molar-refractivity contribution >= 4 is 23.3 Å². The van der Waals surface area contributed by atoms with Crippen LogP contribution in [0.25, 0.3) is 0 Å². The number of nitrogen functional groups attached to an aromatic ring is 1. The molecule has 0 saturated heterocycles. The number of nitrogens with two attached hydrogens (primary N) is 1. The van der Waals surface area contributed by atoms with Crippen molar-refractivity contribution in [2.45, 2.75) is 19.9 Å². The van der Waals surface area contributed by atoms with Crippen LogP contribution in [-0.2, 0) is 9.53 Å². The van der Waals surface area contributed by atoms with Gasteiger partial charge in [0.1, 0.15) is 11.9 Å². The summed E-state index contributed by atoms with van der Waals surface area (Å²) in [6.07, 6.45) is 0. The van der Waals surface area contributed by atoms with Crippen LogP contribution in [0.15, 0.2) is 12.1 Å². The molecule has 0 aliphatic rings. The van der Waals surface area contributed by atoms with E-state index in [1.807, 2.05) is 0 Å². The van der Waals surface area contributed by atoms with Crippen LogP contribution in [0.1, 0.15) is 13.8 Å². The molecule has 0 fully saturated rings. The van der Waals surface area contributed by atoms with Gasteiger partial charge in [-0.2, -0.15) is 0 Å². The van der Waals surface area contributed by atoms with Gasteiger partial charge in [0.2, 0.25) is 5.82 Å². The van der Waals surface area contributed by atoms with E-state index in [0.717, 1.165) is 0 Å². The average Bonchev–Trinajstić information content (AvgIpc) is 2.38. The Balaban J connectivity index is 2.97. The molecule has 0 aromatic carbocycles. The number of carbonyl (C=O) groups excluding carboxylic acids is 1. The predicted molar refractivity (Wildman–Crippen MR) is 68.4 cm³/mol. The lowest BCUT2D eigenvalue weighted by atomic mass is 10.3. The largest absolute Gasteiger partial charge is 0.464 e. The maximum absolute atomic E-state index is 11.5. The molecule has 0 amide bonds. The molecular weight excluding hydrogens is 254 g/mol. The van der Waals surface area contributed by atoms with E-state index in [0.29, 0.717) is 0 Å². The van der Waals surface area contributed by atoms with Gasteiger partial charge in [-0.3, -0.25) is 10.1 Å². The quantitative estimate of drug-likeness (QED) is 0.296. The van der Waals surface area contributed by atoms with Crippen molar-refractivity contribution in [1.82, 2.24) is 4.98 Å². The first-order valence-corrected chi connectivity index (χ1v) is 5.54. The van der Waals surface area contributed by atoms with E-state index in [4.69, 9.17) is 10.6 Å². The summed E-state index contributed by atoms with van der Waals surface area (Å²) < 4.78 is 4.79. The molecule has 19 heavy (non-hydrogen) atoms. The van der Waals surface area contributed by atoms with Crippen LogP contribution in [0.3, 0.4) is 0 Å². The Morgan fingerprint density at radius 2 is 2.32 bits per heavy atom. The van der Waals surface area contributed by atoms with Crippen LogP contribution in [0.2, 0.25) is 0 Å². The van der Waals surface area contributed by atoms with Gasteiger partial charge < -0.3 is 15.5 Å². The van der Waals surface area contributed by atoms with E-state index < -0.39 is 16.9 Å². The minimum absolute atomic E-state index is 0.0546. The number of pyridine rings is 1. The normalized spacial score (nSPS) is 11.5. The molecule has 104 valence electrons. The van der Waals surface area contributed by atoms with Crippen LogP contribution in [0, 0.1) is 10.1 Å². The molecule has 0 bridgehead atoms. The number of carbonyl (C=O) groups is 1. The lowest BCUT2D eigenvalue weighted by Gasteiger charge is -2.13. The molecule has 4 N–H and O–H groups in total. The van der Waals surface area contributed by atoms with Crippen molar-refractivity contribution < 1.29 is 14.5 Å². The summed E-state index contributed by atoms with van der Waals surface area (Å²) in [6, 6.07) is 1.83. The molecule has 0 spiro atoms. The third-order valence-corrected chi connectivity index (χ3v) is 2.21. The Bertz CT molecular complexity index is 479. The Labute approximate surface area is 109 Å². The number of anilines is 2. The lowest BCUT2D eigenvalue weighted by Crippen LogP contribution is -2.29. The van der Waals surface area contributed by atoms with Gasteiger partial charge in [-0.25, -0.2) is 15.6 Å². The Morgan fingerprint density at radius 1 is 1.63 bits per heavy atom. The van der Waals surface area contributed by atoms with Gasteiger partial charge in [-0.15, -0.1) is 0 Å². The highest BCUT2D eigenvalue weighted by Gasteiger charge is 2.21. The molecule has 1 atom stereocenters. The maximum Gasteiger partial charge on any atom is 0.328 e. The van der Waals surface area contributed by atoms with Gasteiger partial charge >= 0.3 is 11.7 Å². The predicted octanol–water partition coefficient (Wildman–Crippen LogP) is 0.639. The first kappa shape index (κ1) is 14.6. The topological polar surface area (TPSA) is 132 Å².